The molecule has 204 valence electrons. The maximum atomic E-state index is 9.10. The molecule has 9 aromatic rings. The van der Waals surface area contributed by atoms with Crippen LogP contribution >= 0.6 is 11.3 Å². The van der Waals surface area contributed by atoms with E-state index in [0.29, 0.717) is 5.56 Å². The quantitative estimate of drug-likeness (QED) is 0.210. The van der Waals surface area contributed by atoms with E-state index in [1.807, 2.05) is 35.6 Å². The molecule has 0 aliphatic carbocycles. The predicted octanol–water partition coefficient (Wildman–Crippen LogP) is 10.9. The van der Waals surface area contributed by atoms with Crippen molar-refractivity contribution in [1.82, 2.24) is 9.38 Å². The first-order valence-corrected chi connectivity index (χ1v) is 15.4. The van der Waals surface area contributed by atoms with Crippen LogP contribution in [0, 0.1) is 11.3 Å². The van der Waals surface area contributed by atoms with Gasteiger partial charge in [-0.25, -0.2) is 4.98 Å². The van der Waals surface area contributed by atoms with Crippen LogP contribution in [0.2, 0.25) is 0 Å². The monoisotopic (exact) mass is 577 g/mol. The van der Waals surface area contributed by atoms with E-state index in [0.717, 1.165) is 44.6 Å². The number of thiophene rings is 1. The van der Waals surface area contributed by atoms with Gasteiger partial charge in [-0.05, 0) is 75.0 Å². The first-order chi connectivity index (χ1) is 21.7. The molecule has 0 saturated heterocycles. The molecule has 0 aliphatic heterocycles. The second kappa shape index (κ2) is 9.64. The third-order valence-corrected chi connectivity index (χ3v) is 9.82. The second-order valence-corrected chi connectivity index (χ2v) is 12.2. The van der Waals surface area contributed by atoms with E-state index in [2.05, 4.69) is 126 Å². The zero-order valence-electron chi connectivity index (χ0n) is 23.5. The van der Waals surface area contributed by atoms with E-state index in [-0.39, 0.29) is 0 Å². The van der Waals surface area contributed by atoms with Gasteiger partial charge in [-0.2, -0.15) is 5.26 Å². The van der Waals surface area contributed by atoms with Crippen molar-refractivity contribution in [2.45, 2.75) is 0 Å². The number of hydrogen-bond acceptors (Lipinski definition) is 3. The molecule has 0 saturated carbocycles. The van der Waals surface area contributed by atoms with Gasteiger partial charge < -0.3 is 0 Å². The van der Waals surface area contributed by atoms with Gasteiger partial charge in [0.15, 0.2) is 5.65 Å². The van der Waals surface area contributed by atoms with Crippen LogP contribution in [-0.4, -0.2) is 9.38 Å². The fourth-order valence-corrected chi connectivity index (χ4v) is 7.64. The highest BCUT2D eigenvalue weighted by Gasteiger charge is 2.18. The third kappa shape index (κ3) is 3.77. The smallest absolute Gasteiger partial charge is 0.156 e. The molecule has 0 spiro atoms. The van der Waals surface area contributed by atoms with E-state index in [4.69, 9.17) is 10.2 Å². The summed E-state index contributed by atoms with van der Waals surface area (Å²) in [7, 11) is 0. The number of hydrogen-bond donors (Lipinski definition) is 0. The van der Waals surface area contributed by atoms with Crippen molar-refractivity contribution in [3.05, 3.63) is 145 Å². The second-order valence-electron chi connectivity index (χ2n) is 11.1. The minimum absolute atomic E-state index is 0.672. The largest absolute Gasteiger partial charge is 0.291 e. The number of pyridine rings is 1. The Bertz CT molecular complexity index is 2580. The molecule has 0 fully saturated rings. The normalized spacial score (nSPS) is 11.6. The summed E-state index contributed by atoms with van der Waals surface area (Å²) in [4.78, 5) is 5.17. The van der Waals surface area contributed by atoms with Crippen molar-refractivity contribution in [3.63, 3.8) is 0 Å². The zero-order valence-corrected chi connectivity index (χ0v) is 24.3. The topological polar surface area (TPSA) is 41.1 Å². The molecule has 0 N–H and O–H groups in total. The molecule has 0 bridgehead atoms. The average molecular weight is 578 g/mol. The number of imidazole rings is 1. The Morgan fingerprint density at radius 1 is 0.591 bits per heavy atom. The van der Waals surface area contributed by atoms with Crippen LogP contribution < -0.4 is 0 Å². The minimum atomic E-state index is 0.672. The lowest BCUT2D eigenvalue weighted by atomic mass is 9.98. The summed E-state index contributed by atoms with van der Waals surface area (Å²) < 4.78 is 4.83. The molecule has 0 aliphatic rings. The number of para-hydroxylation sites is 2. The van der Waals surface area contributed by atoms with Gasteiger partial charge in [-0.1, -0.05) is 103 Å². The number of aromatic nitrogens is 2. The molecule has 0 amide bonds. The van der Waals surface area contributed by atoms with Crippen molar-refractivity contribution in [1.29, 1.82) is 5.26 Å². The molecule has 6 aromatic carbocycles. The highest BCUT2D eigenvalue weighted by Crippen LogP contribution is 2.43. The Balaban J connectivity index is 1.20. The summed E-state index contributed by atoms with van der Waals surface area (Å²) in [5.41, 5.74) is 10.6. The van der Waals surface area contributed by atoms with Crippen LogP contribution in [0.4, 0.5) is 0 Å². The van der Waals surface area contributed by atoms with Gasteiger partial charge >= 0.3 is 0 Å². The minimum Gasteiger partial charge on any atom is -0.291 e. The van der Waals surface area contributed by atoms with Crippen molar-refractivity contribution in [3.8, 4) is 39.6 Å². The number of nitrogens with zero attached hydrogens (tertiary/aromatic N) is 3. The number of fused-ring (bicyclic) bond motifs is 9. The fourth-order valence-electron chi connectivity index (χ4n) is 6.46. The van der Waals surface area contributed by atoms with Crippen molar-refractivity contribution in [2.75, 3.05) is 0 Å². The first kappa shape index (κ1) is 24.8. The lowest BCUT2D eigenvalue weighted by molar-refractivity contribution is 1.25. The Kier molecular flexibility index (Phi) is 5.43. The van der Waals surface area contributed by atoms with Crippen LogP contribution in [0.25, 0.3) is 81.1 Å². The van der Waals surface area contributed by atoms with Crippen LogP contribution in [0.1, 0.15) is 5.56 Å². The summed E-state index contributed by atoms with van der Waals surface area (Å²) >= 11 is 1.83. The highest BCUT2D eigenvalue weighted by molar-refractivity contribution is 7.26. The summed E-state index contributed by atoms with van der Waals surface area (Å²) in [6.45, 7) is 0. The van der Waals surface area contributed by atoms with Gasteiger partial charge in [0.05, 0.1) is 33.1 Å². The molecule has 3 aromatic heterocycles. The molecular weight excluding hydrogens is 555 g/mol. The van der Waals surface area contributed by atoms with Crippen molar-refractivity contribution < 1.29 is 0 Å². The third-order valence-electron chi connectivity index (χ3n) is 8.65. The number of rotatable bonds is 3. The maximum absolute atomic E-state index is 9.10. The molecule has 3 heterocycles. The van der Waals surface area contributed by atoms with Crippen molar-refractivity contribution in [2.24, 2.45) is 0 Å². The lowest BCUT2D eigenvalue weighted by Crippen LogP contribution is -1.93. The maximum Gasteiger partial charge on any atom is 0.156 e. The Morgan fingerprint density at radius 3 is 1.91 bits per heavy atom. The Labute approximate surface area is 257 Å². The molecule has 44 heavy (non-hydrogen) atoms. The molecule has 0 unspecified atom stereocenters. The molecule has 0 atom stereocenters. The highest BCUT2D eigenvalue weighted by atomic mass is 32.1. The average Bonchev–Trinajstić information content (AvgIpc) is 3.67. The van der Waals surface area contributed by atoms with E-state index >= 15 is 0 Å². The molecular formula is C40H23N3S. The first-order valence-electron chi connectivity index (χ1n) is 14.6. The predicted molar refractivity (Wildman–Crippen MR) is 184 cm³/mol. The van der Waals surface area contributed by atoms with E-state index in [9.17, 15) is 0 Å². The van der Waals surface area contributed by atoms with Crippen molar-refractivity contribution >= 4 is 59.0 Å². The van der Waals surface area contributed by atoms with Crippen LogP contribution in [0.5, 0.6) is 0 Å². The SMILES string of the molecule is N#Cc1ccc(-c2ccc(-c3ccc(-c4cc5c(sc6ccc7ccccc7c65)c5nc6ccccc6n45)cc3)cc2)cc1. The summed E-state index contributed by atoms with van der Waals surface area (Å²) in [5, 5.41) is 14.2. The van der Waals surface area contributed by atoms with Crippen LogP contribution in [0.3, 0.4) is 0 Å². The lowest BCUT2D eigenvalue weighted by Gasteiger charge is -2.11. The fraction of sp³-hybridized carbons (Fsp3) is 0. The number of nitriles is 1. The summed E-state index contributed by atoms with van der Waals surface area (Å²) in [6.07, 6.45) is 0. The van der Waals surface area contributed by atoms with E-state index < -0.39 is 0 Å². The van der Waals surface area contributed by atoms with Gasteiger partial charge in [0.2, 0.25) is 0 Å². The zero-order chi connectivity index (χ0) is 29.2. The van der Waals surface area contributed by atoms with E-state index in [1.54, 1.807) is 0 Å². The van der Waals surface area contributed by atoms with Gasteiger partial charge in [0.1, 0.15) is 0 Å². The van der Waals surface area contributed by atoms with E-state index in [1.165, 1.54) is 36.5 Å². The molecule has 3 nitrogen and oxygen atoms in total. The molecule has 4 heteroatoms. The van der Waals surface area contributed by atoms with Crippen LogP contribution in [0.15, 0.2) is 140 Å². The standard InChI is InChI=1S/C40H23N3S/c41-24-25-9-11-26(12-10-25)27-13-15-28(16-14-27)29-17-19-31(20-18-29)36-23-33-38-32-6-2-1-5-30(32)21-22-37(38)44-39(33)40-42-34-7-3-4-8-35(34)43(36)40/h1-23H. The molecule has 0 radical (unpaired) electrons. The summed E-state index contributed by atoms with van der Waals surface area (Å²) in [5.74, 6) is 0. The number of benzene rings is 6. The van der Waals surface area contributed by atoms with Gasteiger partial charge in [-0.3, -0.25) is 4.40 Å². The van der Waals surface area contributed by atoms with Gasteiger partial charge in [-0.15, -0.1) is 11.3 Å². The Hall–Kier alpha value is -5.76. The van der Waals surface area contributed by atoms with Gasteiger partial charge in [0, 0.05) is 15.5 Å². The van der Waals surface area contributed by atoms with Crippen LogP contribution in [-0.2, 0) is 0 Å². The summed E-state index contributed by atoms with van der Waals surface area (Å²) in [6, 6.07) is 51.3. The molecule has 9 rings (SSSR count). The Morgan fingerprint density at radius 2 is 1.20 bits per heavy atom. The van der Waals surface area contributed by atoms with Gasteiger partial charge in [0.25, 0.3) is 0 Å².